The second kappa shape index (κ2) is 9.34. The van der Waals surface area contributed by atoms with Crippen LogP contribution in [-0.2, 0) is 11.2 Å². The van der Waals surface area contributed by atoms with Gasteiger partial charge in [0.15, 0.2) is 0 Å². The number of esters is 1. The van der Waals surface area contributed by atoms with Crippen LogP contribution in [0.15, 0.2) is 115 Å². The number of para-hydroxylation sites is 3. The molecule has 0 spiro atoms. The molecule has 186 valence electrons. The molecule has 5 aromatic carbocycles. The summed E-state index contributed by atoms with van der Waals surface area (Å²) in [4.78, 5) is 22.1. The third kappa shape index (κ3) is 3.89. The molecule has 2 heterocycles. The first-order chi connectivity index (χ1) is 19.2. The molecule has 0 bridgehead atoms. The van der Waals surface area contributed by atoms with E-state index in [1.54, 1.807) is 0 Å². The van der Waals surface area contributed by atoms with Gasteiger partial charge in [-0.3, -0.25) is 0 Å². The van der Waals surface area contributed by atoms with Gasteiger partial charge >= 0.3 is 5.97 Å². The van der Waals surface area contributed by atoms with Crippen molar-refractivity contribution in [3.8, 4) is 11.1 Å². The lowest BCUT2D eigenvalue weighted by atomic mass is 9.87. The van der Waals surface area contributed by atoms with Crippen LogP contribution in [-0.4, -0.2) is 23.0 Å². The first kappa shape index (κ1) is 23.1. The van der Waals surface area contributed by atoms with Crippen LogP contribution in [0.2, 0.25) is 0 Å². The lowest BCUT2D eigenvalue weighted by Gasteiger charge is -2.18. The SMILES string of the molecule is COC(=O)c1ccc(Cc2cccc3nc4ccccc4c(-c4c5ccccc5nc5ccccc45)c23)cc1. The summed E-state index contributed by atoms with van der Waals surface area (Å²) in [7, 11) is 1.40. The van der Waals surface area contributed by atoms with E-state index in [0.29, 0.717) is 12.0 Å². The summed E-state index contributed by atoms with van der Waals surface area (Å²) in [5, 5.41) is 4.48. The first-order valence-electron chi connectivity index (χ1n) is 13.0. The summed E-state index contributed by atoms with van der Waals surface area (Å²) in [5.74, 6) is -0.332. The average Bonchev–Trinajstić information content (AvgIpc) is 2.99. The number of methoxy groups -OCH3 is 1. The fraction of sp³-hybridized carbons (Fsp3) is 0.0571. The number of carbonyl (C=O) groups excluding carboxylic acids is 1. The molecule has 0 aliphatic heterocycles. The molecule has 7 rings (SSSR count). The first-order valence-corrected chi connectivity index (χ1v) is 13.0. The van der Waals surface area contributed by atoms with Crippen molar-refractivity contribution in [3.05, 3.63) is 132 Å². The molecular weight excluding hydrogens is 480 g/mol. The van der Waals surface area contributed by atoms with E-state index in [-0.39, 0.29) is 5.97 Å². The fourth-order valence-electron chi connectivity index (χ4n) is 5.63. The Bertz CT molecular complexity index is 1990. The molecular formula is C35H24N2O2. The van der Waals surface area contributed by atoms with Crippen LogP contribution in [0.3, 0.4) is 0 Å². The molecule has 39 heavy (non-hydrogen) atoms. The smallest absolute Gasteiger partial charge is 0.337 e. The molecule has 0 fully saturated rings. The van der Waals surface area contributed by atoms with Crippen molar-refractivity contribution in [1.82, 2.24) is 9.97 Å². The normalized spacial score (nSPS) is 11.4. The topological polar surface area (TPSA) is 52.1 Å². The molecule has 0 saturated heterocycles. The fourth-order valence-corrected chi connectivity index (χ4v) is 5.63. The molecule has 0 radical (unpaired) electrons. The summed E-state index contributed by atoms with van der Waals surface area (Å²) >= 11 is 0. The number of nitrogens with zero attached hydrogens (tertiary/aromatic N) is 2. The van der Waals surface area contributed by atoms with Crippen LogP contribution in [0.5, 0.6) is 0 Å². The van der Waals surface area contributed by atoms with Gasteiger partial charge in [0.05, 0.1) is 34.7 Å². The molecule has 0 amide bonds. The second-order valence-electron chi connectivity index (χ2n) is 9.70. The molecule has 4 heteroatoms. The molecule has 0 aliphatic carbocycles. The number of ether oxygens (including phenoxy) is 1. The number of carbonyl (C=O) groups is 1. The van der Waals surface area contributed by atoms with Gasteiger partial charge in [0, 0.05) is 32.7 Å². The summed E-state index contributed by atoms with van der Waals surface area (Å²) < 4.78 is 4.88. The number of benzene rings is 5. The molecule has 4 nitrogen and oxygen atoms in total. The van der Waals surface area contributed by atoms with Gasteiger partial charge in [-0.15, -0.1) is 0 Å². The van der Waals surface area contributed by atoms with Crippen molar-refractivity contribution in [1.29, 1.82) is 0 Å². The number of hydrogen-bond donors (Lipinski definition) is 0. The monoisotopic (exact) mass is 504 g/mol. The number of rotatable bonds is 4. The van der Waals surface area contributed by atoms with Crippen molar-refractivity contribution in [3.63, 3.8) is 0 Å². The number of fused-ring (bicyclic) bond motifs is 4. The minimum absolute atomic E-state index is 0.332. The van der Waals surface area contributed by atoms with Gasteiger partial charge in [-0.2, -0.15) is 0 Å². The summed E-state index contributed by atoms with van der Waals surface area (Å²) in [6.45, 7) is 0. The minimum Gasteiger partial charge on any atom is -0.465 e. The van der Waals surface area contributed by atoms with Gasteiger partial charge in [0.2, 0.25) is 0 Å². The van der Waals surface area contributed by atoms with Crippen molar-refractivity contribution in [2.24, 2.45) is 0 Å². The van der Waals surface area contributed by atoms with Crippen LogP contribution in [0.1, 0.15) is 21.5 Å². The summed E-state index contributed by atoms with van der Waals surface area (Å²) in [6, 6.07) is 39.1. The van der Waals surface area contributed by atoms with Gasteiger partial charge in [-0.05, 0) is 53.9 Å². The van der Waals surface area contributed by atoms with E-state index in [1.807, 2.05) is 42.5 Å². The average molecular weight is 505 g/mol. The predicted octanol–water partition coefficient (Wildman–Crippen LogP) is 8.13. The second-order valence-corrected chi connectivity index (χ2v) is 9.70. The number of pyridine rings is 2. The van der Waals surface area contributed by atoms with Crippen LogP contribution >= 0.6 is 0 Å². The van der Waals surface area contributed by atoms with Gasteiger partial charge in [0.1, 0.15) is 0 Å². The number of aromatic nitrogens is 2. The highest BCUT2D eigenvalue weighted by molar-refractivity contribution is 6.21. The van der Waals surface area contributed by atoms with Crippen molar-refractivity contribution in [2.45, 2.75) is 6.42 Å². The van der Waals surface area contributed by atoms with E-state index in [1.165, 1.54) is 23.8 Å². The van der Waals surface area contributed by atoms with E-state index in [0.717, 1.165) is 49.2 Å². The molecule has 7 aromatic rings. The third-order valence-corrected chi connectivity index (χ3v) is 7.40. The molecule has 0 N–H and O–H groups in total. The lowest BCUT2D eigenvalue weighted by molar-refractivity contribution is 0.0600. The standard InChI is InChI=1S/C35H24N2O2/c1-39-35(38)23-19-17-22(18-20-23)21-24-9-8-16-31-32(24)34(27-12-4-7-15-30(27)37-31)33-25-10-2-5-13-28(25)36-29-14-6-3-11-26(29)33/h2-20H,21H2,1H3. The van der Waals surface area contributed by atoms with E-state index >= 15 is 0 Å². The van der Waals surface area contributed by atoms with Gasteiger partial charge < -0.3 is 4.74 Å². The van der Waals surface area contributed by atoms with Crippen molar-refractivity contribution >= 4 is 49.6 Å². The predicted molar refractivity (Wildman–Crippen MR) is 158 cm³/mol. The van der Waals surface area contributed by atoms with Gasteiger partial charge in [-0.1, -0.05) is 78.9 Å². The van der Waals surface area contributed by atoms with E-state index in [2.05, 4.69) is 72.8 Å². The van der Waals surface area contributed by atoms with Gasteiger partial charge in [0.25, 0.3) is 0 Å². The van der Waals surface area contributed by atoms with Crippen molar-refractivity contribution in [2.75, 3.05) is 7.11 Å². The maximum Gasteiger partial charge on any atom is 0.337 e. The van der Waals surface area contributed by atoms with E-state index < -0.39 is 0 Å². The largest absolute Gasteiger partial charge is 0.465 e. The molecule has 2 aromatic heterocycles. The zero-order chi connectivity index (χ0) is 26.3. The quantitative estimate of drug-likeness (QED) is 0.179. The maximum atomic E-state index is 12.0. The van der Waals surface area contributed by atoms with Crippen LogP contribution in [0.25, 0.3) is 54.7 Å². The Balaban J connectivity index is 1.57. The zero-order valence-electron chi connectivity index (χ0n) is 21.4. The minimum atomic E-state index is -0.332. The molecule has 0 unspecified atom stereocenters. The van der Waals surface area contributed by atoms with E-state index in [9.17, 15) is 4.79 Å². The highest BCUT2D eigenvalue weighted by atomic mass is 16.5. The third-order valence-electron chi connectivity index (χ3n) is 7.40. The van der Waals surface area contributed by atoms with E-state index in [4.69, 9.17) is 14.7 Å². The zero-order valence-corrected chi connectivity index (χ0v) is 21.4. The molecule has 0 aliphatic rings. The summed E-state index contributed by atoms with van der Waals surface area (Å²) in [5.41, 5.74) is 9.03. The Labute approximate surface area is 225 Å². The Morgan fingerprint density at radius 2 is 1.10 bits per heavy atom. The van der Waals surface area contributed by atoms with Crippen LogP contribution in [0.4, 0.5) is 0 Å². The van der Waals surface area contributed by atoms with Crippen LogP contribution < -0.4 is 0 Å². The Kier molecular flexibility index (Phi) is 5.52. The molecule has 0 atom stereocenters. The Morgan fingerprint density at radius 3 is 1.69 bits per heavy atom. The maximum absolute atomic E-state index is 12.0. The highest BCUT2D eigenvalue weighted by Gasteiger charge is 2.19. The van der Waals surface area contributed by atoms with Crippen molar-refractivity contribution < 1.29 is 9.53 Å². The van der Waals surface area contributed by atoms with Crippen LogP contribution in [0, 0.1) is 0 Å². The number of hydrogen-bond acceptors (Lipinski definition) is 4. The Hall–Kier alpha value is -5.09. The molecule has 0 saturated carbocycles. The van der Waals surface area contributed by atoms with Gasteiger partial charge in [-0.25, -0.2) is 14.8 Å². The Morgan fingerprint density at radius 1 is 0.590 bits per heavy atom. The highest BCUT2D eigenvalue weighted by Crippen LogP contribution is 2.43. The lowest BCUT2D eigenvalue weighted by Crippen LogP contribution is -2.01. The summed E-state index contributed by atoms with van der Waals surface area (Å²) in [6.07, 6.45) is 0.701.